The third kappa shape index (κ3) is 4.38. The van der Waals surface area contributed by atoms with Crippen molar-refractivity contribution in [1.82, 2.24) is 20.1 Å². The monoisotopic (exact) mass is 390 g/mol. The molecule has 1 saturated heterocycles. The molecule has 2 N–H and O–H groups in total. The molecule has 1 atom stereocenters. The van der Waals surface area contributed by atoms with E-state index in [1.165, 1.54) is 0 Å². The van der Waals surface area contributed by atoms with Crippen LogP contribution in [0.1, 0.15) is 37.9 Å². The van der Waals surface area contributed by atoms with Gasteiger partial charge in [0.15, 0.2) is 0 Å². The molecule has 0 aliphatic carbocycles. The van der Waals surface area contributed by atoms with Crippen LogP contribution in [0.2, 0.25) is 5.02 Å². The van der Waals surface area contributed by atoms with Crippen molar-refractivity contribution in [2.45, 2.75) is 45.7 Å². The van der Waals surface area contributed by atoms with Gasteiger partial charge in [0.2, 0.25) is 5.91 Å². The lowest BCUT2D eigenvalue weighted by Gasteiger charge is -2.37. The summed E-state index contributed by atoms with van der Waals surface area (Å²) in [6.07, 6.45) is 2.71. The van der Waals surface area contributed by atoms with E-state index in [0.29, 0.717) is 13.1 Å². The van der Waals surface area contributed by atoms with E-state index in [1.807, 2.05) is 17.0 Å². The van der Waals surface area contributed by atoms with Gasteiger partial charge in [-0.25, -0.2) is 4.79 Å². The van der Waals surface area contributed by atoms with Gasteiger partial charge in [0, 0.05) is 48.7 Å². The molecule has 0 bridgehead atoms. The van der Waals surface area contributed by atoms with Crippen LogP contribution in [-0.2, 0) is 17.8 Å². The lowest BCUT2D eigenvalue weighted by Crippen LogP contribution is -2.52. The van der Waals surface area contributed by atoms with E-state index in [4.69, 9.17) is 11.6 Å². The highest BCUT2D eigenvalue weighted by Gasteiger charge is 2.27. The maximum Gasteiger partial charge on any atom is 0.317 e. The predicted molar refractivity (Wildman–Crippen MR) is 108 cm³/mol. The maximum absolute atomic E-state index is 12.5. The van der Waals surface area contributed by atoms with Crippen LogP contribution in [-0.4, -0.2) is 52.9 Å². The quantitative estimate of drug-likeness (QED) is 0.838. The number of urea groups is 1. The van der Waals surface area contributed by atoms with Gasteiger partial charge in [-0.05, 0) is 43.0 Å². The van der Waals surface area contributed by atoms with Gasteiger partial charge in [0.1, 0.15) is 0 Å². The zero-order chi connectivity index (χ0) is 19.6. The minimum atomic E-state index is -0.128. The molecule has 0 saturated carbocycles. The van der Waals surface area contributed by atoms with Crippen molar-refractivity contribution < 1.29 is 9.59 Å². The van der Waals surface area contributed by atoms with Crippen LogP contribution in [0.4, 0.5) is 4.79 Å². The summed E-state index contributed by atoms with van der Waals surface area (Å²) >= 11 is 6.28. The maximum atomic E-state index is 12.5. The van der Waals surface area contributed by atoms with Crippen molar-refractivity contribution in [2.24, 2.45) is 0 Å². The van der Waals surface area contributed by atoms with Crippen molar-refractivity contribution in [1.29, 1.82) is 0 Å². The van der Waals surface area contributed by atoms with Gasteiger partial charge in [-0.15, -0.1) is 0 Å². The highest BCUT2D eigenvalue weighted by Crippen LogP contribution is 2.25. The molecule has 0 spiro atoms. The number of fused-ring (bicyclic) bond motifs is 1. The Balaban J connectivity index is 1.61. The molecule has 3 amide bonds. The fraction of sp³-hybridized carbons (Fsp3) is 0.500. The van der Waals surface area contributed by atoms with Crippen molar-refractivity contribution >= 4 is 34.4 Å². The van der Waals surface area contributed by atoms with E-state index in [9.17, 15) is 9.59 Å². The minimum Gasteiger partial charge on any atom is -0.357 e. The van der Waals surface area contributed by atoms with Crippen molar-refractivity contribution in [2.75, 3.05) is 20.1 Å². The smallest absolute Gasteiger partial charge is 0.317 e. The average Bonchev–Trinajstić information content (AvgIpc) is 3.06. The lowest BCUT2D eigenvalue weighted by molar-refractivity contribution is -0.130. The van der Waals surface area contributed by atoms with E-state index in [-0.39, 0.29) is 18.0 Å². The highest BCUT2D eigenvalue weighted by molar-refractivity contribution is 6.32. The van der Waals surface area contributed by atoms with Crippen LogP contribution in [0.3, 0.4) is 0 Å². The minimum absolute atomic E-state index is 0.0521. The number of aromatic amines is 1. The number of amides is 3. The average molecular weight is 391 g/mol. The Bertz CT molecular complexity index is 848. The molecule has 146 valence electrons. The Morgan fingerprint density at radius 1 is 1.37 bits per heavy atom. The number of halogens is 1. The second-order valence-corrected chi connectivity index (χ2v) is 7.62. The van der Waals surface area contributed by atoms with Crippen molar-refractivity contribution in [3.8, 4) is 0 Å². The summed E-state index contributed by atoms with van der Waals surface area (Å²) in [7, 11) is 1.79. The Morgan fingerprint density at radius 2 is 2.15 bits per heavy atom. The number of H-pyrrole nitrogens is 1. The molecule has 6 nitrogen and oxygen atoms in total. The number of nitrogens with zero attached hydrogens (tertiary/aromatic N) is 2. The first kappa shape index (κ1) is 19.5. The van der Waals surface area contributed by atoms with Gasteiger partial charge in [0.25, 0.3) is 0 Å². The Morgan fingerprint density at radius 3 is 2.85 bits per heavy atom. The fourth-order valence-corrected chi connectivity index (χ4v) is 3.95. The fourth-order valence-electron chi connectivity index (χ4n) is 3.64. The van der Waals surface area contributed by atoms with Crippen LogP contribution in [0.5, 0.6) is 0 Å². The Labute approximate surface area is 164 Å². The van der Waals surface area contributed by atoms with E-state index in [1.54, 1.807) is 18.9 Å². The molecule has 0 radical (unpaired) electrons. The van der Waals surface area contributed by atoms with E-state index < -0.39 is 0 Å². The van der Waals surface area contributed by atoms with Crippen molar-refractivity contribution in [3.05, 3.63) is 34.5 Å². The number of likely N-dealkylation sites (tertiary alicyclic amines) is 1. The molecular formula is C20H27ClN4O2. The second-order valence-electron chi connectivity index (χ2n) is 7.21. The third-order valence-corrected chi connectivity index (χ3v) is 5.72. The van der Waals surface area contributed by atoms with E-state index in [2.05, 4.69) is 23.3 Å². The summed E-state index contributed by atoms with van der Waals surface area (Å²) in [5.74, 6) is 0.0664. The number of hydrogen-bond acceptors (Lipinski definition) is 2. The molecule has 1 aromatic heterocycles. The van der Waals surface area contributed by atoms with Gasteiger partial charge in [0.05, 0.1) is 12.6 Å². The molecule has 1 aliphatic heterocycles. The van der Waals surface area contributed by atoms with Crippen molar-refractivity contribution in [3.63, 3.8) is 0 Å². The molecule has 0 unspecified atom stereocenters. The summed E-state index contributed by atoms with van der Waals surface area (Å²) in [6.45, 7) is 5.45. The first-order valence-corrected chi connectivity index (χ1v) is 9.83. The van der Waals surface area contributed by atoms with Crippen LogP contribution in [0.25, 0.3) is 10.9 Å². The summed E-state index contributed by atoms with van der Waals surface area (Å²) in [6, 6.07) is 5.96. The molecule has 27 heavy (non-hydrogen) atoms. The molecule has 2 heterocycles. The lowest BCUT2D eigenvalue weighted by atomic mass is 10.0. The molecule has 7 heteroatoms. The van der Waals surface area contributed by atoms with E-state index in [0.717, 1.165) is 53.0 Å². The third-order valence-electron chi connectivity index (χ3n) is 5.36. The van der Waals surface area contributed by atoms with Crippen LogP contribution in [0, 0.1) is 0 Å². The first-order chi connectivity index (χ1) is 12.9. The number of nitrogens with one attached hydrogen (secondary N) is 2. The number of carbonyl (C=O) groups is 2. The van der Waals surface area contributed by atoms with Crippen LogP contribution >= 0.6 is 11.6 Å². The zero-order valence-electron chi connectivity index (χ0n) is 16.1. The first-order valence-electron chi connectivity index (χ1n) is 9.45. The van der Waals surface area contributed by atoms with Gasteiger partial charge >= 0.3 is 6.03 Å². The number of aromatic nitrogens is 1. The molecule has 1 fully saturated rings. The summed E-state index contributed by atoms with van der Waals surface area (Å²) in [5, 5.41) is 4.77. The SMILES string of the molecule is CCc1cc2[nH]c(CNC(=O)N(C)[C@@H]3CCCN(C(C)=O)C3)cc2cc1Cl. The van der Waals surface area contributed by atoms with Crippen LogP contribution in [0.15, 0.2) is 18.2 Å². The number of carbonyl (C=O) groups excluding carboxylic acids is 2. The van der Waals surface area contributed by atoms with Crippen LogP contribution < -0.4 is 5.32 Å². The number of aryl methyl sites for hydroxylation is 1. The molecule has 1 aliphatic rings. The zero-order valence-corrected chi connectivity index (χ0v) is 16.9. The topological polar surface area (TPSA) is 68.4 Å². The number of likely N-dealkylation sites (N-methyl/N-ethyl adjacent to an activating group) is 1. The largest absolute Gasteiger partial charge is 0.357 e. The normalized spacial score (nSPS) is 17.2. The predicted octanol–water partition coefficient (Wildman–Crippen LogP) is 3.54. The number of rotatable bonds is 4. The molecule has 3 rings (SSSR count). The number of piperidine rings is 1. The Kier molecular flexibility index (Phi) is 5.95. The van der Waals surface area contributed by atoms with Gasteiger partial charge in [-0.1, -0.05) is 18.5 Å². The second kappa shape index (κ2) is 8.21. The summed E-state index contributed by atoms with van der Waals surface area (Å²) < 4.78 is 0. The van der Waals surface area contributed by atoms with Gasteiger partial charge in [-0.3, -0.25) is 4.79 Å². The summed E-state index contributed by atoms with van der Waals surface area (Å²) in [4.78, 5) is 31.0. The number of benzene rings is 1. The number of hydrogen-bond donors (Lipinski definition) is 2. The van der Waals surface area contributed by atoms with Gasteiger partial charge < -0.3 is 20.1 Å². The van der Waals surface area contributed by atoms with E-state index >= 15 is 0 Å². The summed E-state index contributed by atoms with van der Waals surface area (Å²) in [5.41, 5.74) is 3.07. The van der Waals surface area contributed by atoms with Gasteiger partial charge in [-0.2, -0.15) is 0 Å². The molecular weight excluding hydrogens is 364 g/mol. The standard InChI is InChI=1S/C20H27ClN4O2/c1-4-14-10-19-15(9-18(14)21)8-16(23-19)11-22-20(27)24(3)17-6-5-7-25(12-17)13(2)26/h8-10,17,23H,4-7,11-12H2,1-3H3,(H,22,27)/t17-/m1/s1. The Hall–Kier alpha value is -2.21. The highest BCUT2D eigenvalue weighted by atomic mass is 35.5. The molecule has 1 aromatic carbocycles. The molecule has 2 aromatic rings.